The van der Waals surface area contributed by atoms with Gasteiger partial charge in [0.05, 0.1) is 12.1 Å². The Labute approximate surface area is 194 Å². The van der Waals surface area contributed by atoms with Crippen LogP contribution >= 0.6 is 11.6 Å². The van der Waals surface area contributed by atoms with Crippen molar-refractivity contribution in [3.8, 4) is 11.5 Å². The van der Waals surface area contributed by atoms with E-state index in [1.54, 1.807) is 0 Å². The number of aryl methyl sites for hydroxylation is 1. The third kappa shape index (κ3) is 4.52. The quantitative estimate of drug-likeness (QED) is 0.447. The van der Waals surface area contributed by atoms with Gasteiger partial charge >= 0.3 is 0 Å². The number of fused-ring (bicyclic) bond motifs is 1. The summed E-state index contributed by atoms with van der Waals surface area (Å²) in [4.78, 5) is 7.41. The van der Waals surface area contributed by atoms with Gasteiger partial charge in [0.1, 0.15) is 0 Å². The number of hydrogen-bond acceptors (Lipinski definition) is 4. The smallest absolute Gasteiger partial charge is 0.231 e. The number of halogens is 1. The molecule has 0 radical (unpaired) electrons. The summed E-state index contributed by atoms with van der Waals surface area (Å²) in [6.45, 7) is 4.37. The van der Waals surface area contributed by atoms with E-state index in [-0.39, 0.29) is 6.04 Å². The van der Waals surface area contributed by atoms with Crippen molar-refractivity contribution in [1.29, 1.82) is 0 Å². The molecule has 0 amide bonds. The van der Waals surface area contributed by atoms with Crippen molar-refractivity contribution in [3.05, 3.63) is 94.0 Å². The summed E-state index contributed by atoms with van der Waals surface area (Å²) < 4.78 is 10.9. The summed E-state index contributed by atoms with van der Waals surface area (Å²) in [6.07, 6.45) is 4.01. The highest BCUT2D eigenvalue weighted by atomic mass is 35.5. The zero-order valence-electron chi connectivity index (χ0n) is 18.2. The molecule has 0 aliphatic carbocycles. The highest BCUT2D eigenvalue weighted by Gasteiger charge is 2.28. The van der Waals surface area contributed by atoms with Crippen LogP contribution in [-0.4, -0.2) is 37.0 Å². The molecular formula is C27H27ClN2O2. The molecule has 32 heavy (non-hydrogen) atoms. The number of hydrogen-bond donors (Lipinski definition) is 0. The first kappa shape index (κ1) is 21.0. The van der Waals surface area contributed by atoms with Gasteiger partial charge in [0.2, 0.25) is 6.79 Å². The van der Waals surface area contributed by atoms with Gasteiger partial charge in [0.15, 0.2) is 11.5 Å². The maximum absolute atomic E-state index is 6.64. The number of rotatable bonds is 5. The molecule has 0 aromatic heterocycles. The molecule has 4 nitrogen and oxygen atoms in total. The number of piperidine rings is 1. The second-order valence-electron chi connectivity index (χ2n) is 8.49. The first-order valence-corrected chi connectivity index (χ1v) is 11.5. The number of nitrogens with zero attached hydrogens (tertiary/aromatic N) is 2. The van der Waals surface area contributed by atoms with Crippen molar-refractivity contribution in [2.24, 2.45) is 4.99 Å². The lowest BCUT2D eigenvalue weighted by Crippen LogP contribution is -2.38. The molecule has 2 aliphatic rings. The fraction of sp³-hybridized carbons (Fsp3) is 0.296. The van der Waals surface area contributed by atoms with Gasteiger partial charge in [-0.1, -0.05) is 59.6 Å². The van der Waals surface area contributed by atoms with Crippen LogP contribution in [0.5, 0.6) is 11.5 Å². The average Bonchev–Trinajstić information content (AvgIpc) is 3.29. The van der Waals surface area contributed by atoms with Gasteiger partial charge in [-0.05, 0) is 60.7 Å². The lowest BCUT2D eigenvalue weighted by Gasteiger charge is -2.37. The highest BCUT2D eigenvalue weighted by Crippen LogP contribution is 2.36. The van der Waals surface area contributed by atoms with E-state index in [9.17, 15) is 0 Å². The van der Waals surface area contributed by atoms with Gasteiger partial charge in [-0.3, -0.25) is 9.89 Å². The monoisotopic (exact) mass is 446 g/mol. The van der Waals surface area contributed by atoms with Gasteiger partial charge in [0, 0.05) is 24.3 Å². The first-order chi connectivity index (χ1) is 15.7. The van der Waals surface area contributed by atoms with Crippen molar-refractivity contribution in [1.82, 2.24) is 4.90 Å². The van der Waals surface area contributed by atoms with E-state index in [0.717, 1.165) is 48.0 Å². The zero-order chi connectivity index (χ0) is 21.9. The second-order valence-corrected chi connectivity index (χ2v) is 8.90. The number of likely N-dealkylation sites (tertiary alicyclic amines) is 1. The zero-order valence-corrected chi connectivity index (χ0v) is 19.0. The summed E-state index contributed by atoms with van der Waals surface area (Å²) in [7, 11) is 0. The van der Waals surface area contributed by atoms with Gasteiger partial charge in [0.25, 0.3) is 0 Å². The van der Waals surface area contributed by atoms with Crippen LogP contribution < -0.4 is 9.47 Å². The van der Waals surface area contributed by atoms with E-state index >= 15 is 0 Å². The van der Waals surface area contributed by atoms with Crippen LogP contribution in [0, 0.1) is 6.92 Å². The Morgan fingerprint density at radius 2 is 1.72 bits per heavy atom. The van der Waals surface area contributed by atoms with Crippen LogP contribution in [0.2, 0.25) is 5.02 Å². The lowest BCUT2D eigenvalue weighted by atomic mass is 9.93. The summed E-state index contributed by atoms with van der Waals surface area (Å²) in [5.41, 5.74) is 4.76. The maximum Gasteiger partial charge on any atom is 0.231 e. The van der Waals surface area contributed by atoms with Crippen molar-refractivity contribution < 1.29 is 9.47 Å². The molecule has 2 aliphatic heterocycles. The van der Waals surface area contributed by atoms with Crippen molar-refractivity contribution in [2.75, 3.05) is 19.9 Å². The van der Waals surface area contributed by atoms with Crippen molar-refractivity contribution >= 4 is 17.8 Å². The SMILES string of the molecule is Cc1ccc(C(c2ccccc2Cl)N2CCC(N=Cc3ccc4c(c3)OCO4)CC2)cc1. The normalized spacial score (nSPS) is 17.7. The van der Waals surface area contributed by atoms with Crippen LogP contribution in [0.4, 0.5) is 0 Å². The molecule has 2 heterocycles. The second kappa shape index (κ2) is 9.35. The first-order valence-electron chi connectivity index (χ1n) is 11.2. The fourth-order valence-corrected chi connectivity index (χ4v) is 4.75. The molecule has 1 fully saturated rings. The van der Waals surface area contributed by atoms with Gasteiger partial charge in [-0.15, -0.1) is 0 Å². The highest BCUT2D eigenvalue weighted by molar-refractivity contribution is 6.31. The van der Waals surface area contributed by atoms with Crippen molar-refractivity contribution in [3.63, 3.8) is 0 Å². The molecule has 3 aromatic rings. The molecule has 0 saturated carbocycles. The number of aliphatic imine (C=N–C) groups is 1. The topological polar surface area (TPSA) is 34.1 Å². The fourth-order valence-electron chi connectivity index (χ4n) is 4.51. The molecular weight excluding hydrogens is 420 g/mol. The van der Waals surface area contributed by atoms with E-state index in [1.165, 1.54) is 16.7 Å². The van der Waals surface area contributed by atoms with E-state index < -0.39 is 0 Å². The predicted octanol–water partition coefficient (Wildman–Crippen LogP) is 6.05. The number of benzene rings is 3. The minimum atomic E-state index is 0.156. The summed E-state index contributed by atoms with van der Waals surface area (Å²) in [5.74, 6) is 1.60. The van der Waals surface area contributed by atoms with Gasteiger partial charge in [-0.25, -0.2) is 0 Å². The molecule has 1 unspecified atom stereocenters. The summed E-state index contributed by atoms with van der Waals surface area (Å²) in [6, 6.07) is 23.5. The Morgan fingerprint density at radius 1 is 0.969 bits per heavy atom. The predicted molar refractivity (Wildman–Crippen MR) is 129 cm³/mol. The lowest BCUT2D eigenvalue weighted by molar-refractivity contribution is 0.174. The van der Waals surface area contributed by atoms with Crippen LogP contribution in [0.3, 0.4) is 0 Å². The van der Waals surface area contributed by atoms with Crippen LogP contribution in [0.1, 0.15) is 41.1 Å². The largest absolute Gasteiger partial charge is 0.454 e. The van der Waals surface area contributed by atoms with Gasteiger partial charge in [-0.2, -0.15) is 0 Å². The van der Waals surface area contributed by atoms with Crippen LogP contribution in [0.15, 0.2) is 71.7 Å². The molecule has 5 heteroatoms. The Kier molecular flexibility index (Phi) is 6.15. The standard InChI is InChI=1S/C27H27ClN2O2/c1-19-6-9-21(10-7-19)27(23-4-2-3-5-24(23)28)30-14-12-22(13-15-30)29-17-20-8-11-25-26(16-20)32-18-31-25/h2-11,16-17,22,27H,12-15,18H2,1H3. The Bertz CT molecular complexity index is 1100. The van der Waals surface area contributed by atoms with Crippen molar-refractivity contribution in [2.45, 2.75) is 31.8 Å². The molecule has 0 spiro atoms. The minimum Gasteiger partial charge on any atom is -0.454 e. The molecule has 3 aromatic carbocycles. The molecule has 5 rings (SSSR count). The molecule has 0 bridgehead atoms. The van der Waals surface area contributed by atoms with E-state index in [0.29, 0.717) is 12.8 Å². The van der Waals surface area contributed by atoms with Crippen LogP contribution in [0.25, 0.3) is 0 Å². The minimum absolute atomic E-state index is 0.156. The average molecular weight is 447 g/mol. The molecule has 0 N–H and O–H groups in total. The summed E-state index contributed by atoms with van der Waals surface area (Å²) in [5, 5.41) is 0.820. The molecule has 164 valence electrons. The molecule has 1 atom stereocenters. The van der Waals surface area contributed by atoms with Crippen LogP contribution in [-0.2, 0) is 0 Å². The Hall–Kier alpha value is -2.82. The van der Waals surface area contributed by atoms with E-state index in [2.05, 4.69) is 48.2 Å². The maximum atomic E-state index is 6.64. The van der Waals surface area contributed by atoms with E-state index in [4.69, 9.17) is 26.1 Å². The van der Waals surface area contributed by atoms with Gasteiger partial charge < -0.3 is 9.47 Å². The summed E-state index contributed by atoms with van der Waals surface area (Å²) >= 11 is 6.64. The Morgan fingerprint density at radius 3 is 2.50 bits per heavy atom. The molecule has 1 saturated heterocycles. The van der Waals surface area contributed by atoms with E-state index in [1.807, 2.05) is 36.5 Å². The third-order valence-electron chi connectivity index (χ3n) is 6.29. The third-order valence-corrected chi connectivity index (χ3v) is 6.63. The Balaban J connectivity index is 1.30. The number of ether oxygens (including phenoxy) is 2.